The molecular weight excluding hydrogens is 342 g/mol. The van der Waals surface area contributed by atoms with Gasteiger partial charge in [-0.15, -0.1) is 10.2 Å². The molecule has 7 nitrogen and oxygen atoms in total. The maximum atomic E-state index is 12.2. The van der Waals surface area contributed by atoms with Gasteiger partial charge in [-0.05, 0) is 44.1 Å². The predicted molar refractivity (Wildman–Crippen MR) is 102 cm³/mol. The third-order valence-corrected chi connectivity index (χ3v) is 4.86. The number of azo groups is 1. The molecule has 0 bridgehead atoms. The van der Waals surface area contributed by atoms with E-state index in [9.17, 15) is 9.90 Å². The zero-order chi connectivity index (χ0) is 18.6. The number of nitrogens with zero attached hydrogens (tertiary/aromatic N) is 5. The molecule has 7 heteroatoms. The van der Waals surface area contributed by atoms with Gasteiger partial charge in [0.25, 0.3) is 5.91 Å². The van der Waals surface area contributed by atoms with E-state index >= 15 is 0 Å². The van der Waals surface area contributed by atoms with Gasteiger partial charge in [-0.3, -0.25) is 19.2 Å². The number of carbonyl (C=O) groups is 1. The van der Waals surface area contributed by atoms with Crippen LogP contribution in [0.2, 0.25) is 0 Å². The molecule has 1 amide bonds. The molecule has 0 spiro atoms. The third kappa shape index (κ3) is 3.59. The molecule has 1 aliphatic rings. The molecule has 0 aliphatic carbocycles. The lowest BCUT2D eigenvalue weighted by Crippen LogP contribution is -2.31. The van der Waals surface area contributed by atoms with E-state index in [0.29, 0.717) is 17.9 Å². The SMILES string of the molecule is O=C(N=Nc1c(O)n(CN2CCCCC2)c2ccccc12)c1cccnc1. The van der Waals surface area contributed by atoms with Gasteiger partial charge >= 0.3 is 0 Å². The monoisotopic (exact) mass is 363 g/mol. The minimum absolute atomic E-state index is 0.0320. The van der Waals surface area contributed by atoms with E-state index < -0.39 is 5.91 Å². The number of hydrogen-bond donors (Lipinski definition) is 1. The molecule has 1 aliphatic heterocycles. The van der Waals surface area contributed by atoms with E-state index in [2.05, 4.69) is 20.1 Å². The quantitative estimate of drug-likeness (QED) is 0.707. The Morgan fingerprint density at radius 2 is 1.93 bits per heavy atom. The van der Waals surface area contributed by atoms with Crippen LogP contribution in [0.4, 0.5) is 5.69 Å². The van der Waals surface area contributed by atoms with Crippen molar-refractivity contribution in [2.45, 2.75) is 25.9 Å². The Morgan fingerprint density at radius 3 is 2.70 bits per heavy atom. The molecule has 1 saturated heterocycles. The number of aromatic nitrogens is 2. The van der Waals surface area contributed by atoms with Crippen LogP contribution in [0.15, 0.2) is 59.0 Å². The van der Waals surface area contributed by atoms with Crippen LogP contribution in [-0.4, -0.2) is 38.6 Å². The fourth-order valence-electron chi connectivity index (χ4n) is 3.46. The lowest BCUT2D eigenvalue weighted by atomic mass is 10.1. The van der Waals surface area contributed by atoms with Crippen LogP contribution in [0.5, 0.6) is 5.88 Å². The van der Waals surface area contributed by atoms with Gasteiger partial charge in [-0.25, -0.2) is 0 Å². The lowest BCUT2D eigenvalue weighted by molar-refractivity contribution is 0.0994. The van der Waals surface area contributed by atoms with E-state index in [-0.39, 0.29) is 5.88 Å². The van der Waals surface area contributed by atoms with Gasteiger partial charge in [0.2, 0.25) is 5.88 Å². The van der Waals surface area contributed by atoms with Crippen molar-refractivity contribution < 1.29 is 9.90 Å². The van der Waals surface area contributed by atoms with Crippen LogP contribution in [0, 0.1) is 0 Å². The van der Waals surface area contributed by atoms with Gasteiger partial charge in [-0.2, -0.15) is 0 Å². The lowest BCUT2D eigenvalue weighted by Gasteiger charge is -2.27. The van der Waals surface area contributed by atoms with Crippen LogP contribution in [0.25, 0.3) is 10.9 Å². The second kappa shape index (κ2) is 7.67. The Hall–Kier alpha value is -3.06. The molecule has 3 heterocycles. The summed E-state index contributed by atoms with van der Waals surface area (Å²) in [5.41, 5.74) is 1.56. The summed E-state index contributed by atoms with van der Waals surface area (Å²) in [5.74, 6) is -0.458. The number of amides is 1. The van der Waals surface area contributed by atoms with Crippen LogP contribution >= 0.6 is 0 Å². The standard InChI is InChI=1S/C20H21N5O2/c26-19(15-7-6-10-21-13-15)23-22-18-16-8-2-3-9-17(16)25(20(18)27)14-24-11-4-1-5-12-24/h2-3,6-10,13,27H,1,4-5,11-12,14H2. The summed E-state index contributed by atoms with van der Waals surface area (Å²) in [6.07, 6.45) is 6.64. The first kappa shape index (κ1) is 17.4. The van der Waals surface area contributed by atoms with Crippen LogP contribution in [0.3, 0.4) is 0 Å². The molecule has 1 fully saturated rings. The summed E-state index contributed by atoms with van der Waals surface area (Å²) in [6.45, 7) is 2.63. The number of hydrogen-bond acceptors (Lipinski definition) is 5. The van der Waals surface area contributed by atoms with Gasteiger partial charge in [0.15, 0.2) is 5.69 Å². The second-order valence-electron chi connectivity index (χ2n) is 6.68. The van der Waals surface area contributed by atoms with Gasteiger partial charge in [0.1, 0.15) is 0 Å². The number of fused-ring (bicyclic) bond motifs is 1. The summed E-state index contributed by atoms with van der Waals surface area (Å²) in [6, 6.07) is 10.9. The highest BCUT2D eigenvalue weighted by atomic mass is 16.3. The topological polar surface area (TPSA) is 83.1 Å². The van der Waals surface area contributed by atoms with E-state index in [0.717, 1.165) is 24.0 Å². The predicted octanol–water partition coefficient (Wildman–Crippen LogP) is 4.11. The number of para-hydroxylation sites is 1. The summed E-state index contributed by atoms with van der Waals surface area (Å²) in [7, 11) is 0. The van der Waals surface area contributed by atoms with Crippen molar-refractivity contribution >= 4 is 22.5 Å². The van der Waals surface area contributed by atoms with Gasteiger partial charge in [-0.1, -0.05) is 24.6 Å². The summed E-state index contributed by atoms with van der Waals surface area (Å²) >= 11 is 0. The first-order chi connectivity index (χ1) is 13.2. The summed E-state index contributed by atoms with van der Waals surface area (Å²) in [5, 5.41) is 19.4. The third-order valence-electron chi connectivity index (χ3n) is 4.86. The van der Waals surface area contributed by atoms with Gasteiger partial charge in [0.05, 0.1) is 17.7 Å². The minimum Gasteiger partial charge on any atom is -0.493 e. The molecule has 0 unspecified atom stereocenters. The molecule has 138 valence electrons. The first-order valence-corrected chi connectivity index (χ1v) is 9.12. The average molecular weight is 363 g/mol. The fourth-order valence-corrected chi connectivity index (χ4v) is 3.46. The molecule has 0 radical (unpaired) electrons. The number of pyridine rings is 1. The maximum Gasteiger partial charge on any atom is 0.296 e. The second-order valence-corrected chi connectivity index (χ2v) is 6.68. The van der Waals surface area contributed by atoms with E-state index in [1.54, 1.807) is 18.3 Å². The van der Waals surface area contributed by atoms with Crippen LogP contribution in [0.1, 0.15) is 29.6 Å². The summed E-state index contributed by atoms with van der Waals surface area (Å²) < 4.78 is 1.84. The number of benzene rings is 1. The van der Waals surface area contributed by atoms with Crippen molar-refractivity contribution in [1.82, 2.24) is 14.5 Å². The zero-order valence-electron chi connectivity index (χ0n) is 15.0. The van der Waals surface area contributed by atoms with E-state index in [1.165, 1.54) is 25.5 Å². The van der Waals surface area contributed by atoms with Crippen LogP contribution in [-0.2, 0) is 6.67 Å². The highest BCUT2D eigenvalue weighted by molar-refractivity contribution is 5.97. The number of piperidine rings is 1. The first-order valence-electron chi connectivity index (χ1n) is 9.12. The molecule has 4 rings (SSSR count). The van der Waals surface area contributed by atoms with Crippen molar-refractivity contribution in [3.63, 3.8) is 0 Å². The minimum atomic E-state index is -0.490. The van der Waals surface area contributed by atoms with Crippen molar-refractivity contribution in [2.24, 2.45) is 10.2 Å². The molecular formula is C20H21N5O2. The number of carbonyl (C=O) groups excluding carboxylic acids is 1. The average Bonchev–Trinajstić information content (AvgIpc) is 2.99. The molecule has 1 N–H and O–H groups in total. The Balaban J connectivity index is 1.67. The Labute approximate surface area is 157 Å². The highest BCUT2D eigenvalue weighted by Gasteiger charge is 2.19. The largest absolute Gasteiger partial charge is 0.493 e. The van der Waals surface area contributed by atoms with Gasteiger partial charge < -0.3 is 5.11 Å². The number of likely N-dealkylation sites (tertiary alicyclic amines) is 1. The molecule has 1 aromatic carbocycles. The zero-order valence-corrected chi connectivity index (χ0v) is 15.0. The Kier molecular flexibility index (Phi) is 4.93. The van der Waals surface area contributed by atoms with Crippen LogP contribution < -0.4 is 0 Å². The number of rotatable bonds is 4. The van der Waals surface area contributed by atoms with Crippen molar-refractivity contribution in [1.29, 1.82) is 0 Å². The summed E-state index contributed by atoms with van der Waals surface area (Å²) in [4.78, 5) is 18.4. The molecule has 27 heavy (non-hydrogen) atoms. The smallest absolute Gasteiger partial charge is 0.296 e. The highest BCUT2D eigenvalue weighted by Crippen LogP contribution is 2.39. The van der Waals surface area contributed by atoms with Crippen molar-refractivity contribution in [3.8, 4) is 5.88 Å². The molecule has 3 aromatic rings. The molecule has 0 saturated carbocycles. The normalized spacial score (nSPS) is 15.6. The van der Waals surface area contributed by atoms with Gasteiger partial charge in [0, 0.05) is 17.8 Å². The van der Waals surface area contributed by atoms with E-state index in [1.807, 2.05) is 28.8 Å². The fraction of sp³-hybridized carbons (Fsp3) is 0.300. The van der Waals surface area contributed by atoms with Crippen molar-refractivity contribution in [2.75, 3.05) is 13.1 Å². The Morgan fingerprint density at radius 1 is 1.11 bits per heavy atom. The Bertz CT molecular complexity index is 975. The molecule has 0 atom stereocenters. The maximum absolute atomic E-state index is 12.2. The molecule has 2 aromatic heterocycles. The van der Waals surface area contributed by atoms with E-state index in [4.69, 9.17) is 0 Å². The van der Waals surface area contributed by atoms with Crippen molar-refractivity contribution in [3.05, 3.63) is 54.4 Å². The number of aromatic hydroxyl groups is 1.